The second kappa shape index (κ2) is 2.46. The molecule has 0 aliphatic carbocycles. The summed E-state index contributed by atoms with van der Waals surface area (Å²) in [5.41, 5.74) is -1.51. The van der Waals surface area contributed by atoms with E-state index in [0.717, 1.165) is 4.68 Å². The second-order valence-electron chi connectivity index (χ2n) is 2.37. The fourth-order valence-electron chi connectivity index (χ4n) is 0.890. The van der Waals surface area contributed by atoms with Gasteiger partial charge in [0.1, 0.15) is 5.56 Å². The molecule has 0 aliphatic heterocycles. The molecule has 0 amide bonds. The molecule has 0 spiro atoms. The molecule has 0 N–H and O–H groups in total. The van der Waals surface area contributed by atoms with Gasteiger partial charge in [-0.05, 0) is 6.92 Å². The van der Waals surface area contributed by atoms with Gasteiger partial charge in [0.05, 0.1) is 5.69 Å². The molecule has 6 heteroatoms. The smallest absolute Gasteiger partial charge is 0.269 e. The fraction of sp³-hybridized carbons (Fsp3) is 0.500. The lowest BCUT2D eigenvalue weighted by Gasteiger charge is -2.04. The van der Waals surface area contributed by atoms with Crippen LogP contribution in [-0.2, 0) is 13.2 Å². The van der Waals surface area contributed by atoms with Crippen LogP contribution in [-0.4, -0.2) is 9.78 Å². The van der Waals surface area contributed by atoms with E-state index in [1.54, 1.807) is 0 Å². The highest BCUT2D eigenvalue weighted by Gasteiger charge is 2.38. The normalized spacial score (nSPS) is 12.2. The Bertz CT molecular complexity index is 299. The lowest BCUT2D eigenvalue weighted by molar-refractivity contribution is -0.140. The maximum absolute atomic E-state index is 12.5. The largest absolute Gasteiger partial charge is 0.422 e. The van der Waals surface area contributed by atoms with Gasteiger partial charge in [-0.3, -0.25) is 4.68 Å². The molecule has 12 heavy (non-hydrogen) atoms. The van der Waals surface area contributed by atoms with Crippen molar-refractivity contribution in [3.05, 3.63) is 17.2 Å². The minimum atomic E-state index is -4.66. The zero-order chi connectivity index (χ0) is 9.52. The molecule has 0 atom stereocenters. The van der Waals surface area contributed by atoms with Crippen LogP contribution < -0.4 is 0 Å². The molecule has 0 bridgehead atoms. The predicted molar refractivity (Wildman–Crippen MR) is 32.9 cm³/mol. The number of rotatable bonds is 0. The third-order valence-corrected chi connectivity index (χ3v) is 1.57. The number of aromatic nitrogens is 2. The van der Waals surface area contributed by atoms with Crippen LogP contribution in [0.2, 0.25) is 0 Å². The maximum Gasteiger partial charge on any atom is 0.422 e. The van der Waals surface area contributed by atoms with Crippen molar-refractivity contribution in [1.82, 2.24) is 9.78 Å². The molecule has 68 valence electrons. The van der Waals surface area contributed by atoms with E-state index < -0.39 is 17.7 Å². The summed E-state index contributed by atoms with van der Waals surface area (Å²) in [6.07, 6.45) is -4.66. The Hall–Kier alpha value is -1.07. The second-order valence-corrected chi connectivity index (χ2v) is 2.37. The molecule has 1 aromatic heterocycles. The van der Waals surface area contributed by atoms with Gasteiger partial charge < -0.3 is 0 Å². The molecule has 1 aromatic rings. The average molecular weight is 182 g/mol. The first kappa shape index (κ1) is 9.02. The first-order chi connectivity index (χ1) is 5.34. The van der Waals surface area contributed by atoms with Crippen LogP contribution in [0.5, 0.6) is 0 Å². The monoisotopic (exact) mass is 182 g/mol. The fourth-order valence-corrected chi connectivity index (χ4v) is 0.890. The van der Waals surface area contributed by atoms with Gasteiger partial charge in [0.2, 0.25) is 5.95 Å². The first-order valence-electron chi connectivity index (χ1n) is 3.10. The van der Waals surface area contributed by atoms with Crippen LogP contribution in [0.1, 0.15) is 11.3 Å². The minimum Gasteiger partial charge on any atom is -0.269 e. The Labute approximate surface area is 65.8 Å². The van der Waals surface area contributed by atoms with E-state index >= 15 is 0 Å². The maximum atomic E-state index is 12.5. The zero-order valence-corrected chi connectivity index (χ0v) is 6.41. The van der Waals surface area contributed by atoms with E-state index in [0.29, 0.717) is 0 Å². The topological polar surface area (TPSA) is 17.8 Å². The molecular weight excluding hydrogens is 176 g/mol. The van der Waals surface area contributed by atoms with Crippen LogP contribution >= 0.6 is 0 Å². The van der Waals surface area contributed by atoms with Crippen LogP contribution in [0.4, 0.5) is 17.6 Å². The lowest BCUT2D eigenvalue weighted by atomic mass is 10.2. The summed E-state index contributed by atoms with van der Waals surface area (Å²) in [7, 11) is 1.26. The molecule has 0 radical (unpaired) electrons. The van der Waals surface area contributed by atoms with E-state index in [2.05, 4.69) is 5.10 Å². The van der Waals surface area contributed by atoms with Gasteiger partial charge >= 0.3 is 6.18 Å². The van der Waals surface area contributed by atoms with Gasteiger partial charge in [0, 0.05) is 7.05 Å². The lowest BCUT2D eigenvalue weighted by Crippen LogP contribution is -2.08. The quantitative estimate of drug-likeness (QED) is 0.560. The van der Waals surface area contributed by atoms with E-state index in [1.807, 2.05) is 0 Å². The number of nitrogens with zero attached hydrogens (tertiary/aromatic N) is 2. The van der Waals surface area contributed by atoms with Gasteiger partial charge in [-0.25, -0.2) is 0 Å². The Morgan fingerprint density at radius 1 is 1.33 bits per heavy atom. The summed E-state index contributed by atoms with van der Waals surface area (Å²) < 4.78 is 49.5. The molecular formula is C6H6F4N2. The van der Waals surface area contributed by atoms with Crippen molar-refractivity contribution in [1.29, 1.82) is 0 Å². The molecule has 1 rings (SSSR count). The average Bonchev–Trinajstić information content (AvgIpc) is 2.05. The molecule has 0 aromatic carbocycles. The van der Waals surface area contributed by atoms with Crippen molar-refractivity contribution in [3.63, 3.8) is 0 Å². The van der Waals surface area contributed by atoms with Crippen LogP contribution in [0.25, 0.3) is 0 Å². The summed E-state index contributed by atoms with van der Waals surface area (Å²) >= 11 is 0. The number of alkyl halides is 3. The SMILES string of the molecule is Cc1c(C(F)(F)F)c(F)nn1C. The molecule has 0 saturated heterocycles. The number of aryl methyl sites for hydroxylation is 1. The number of hydrogen-bond donors (Lipinski definition) is 0. The minimum absolute atomic E-state index is 0.222. The Kier molecular flexibility index (Phi) is 1.85. The highest BCUT2D eigenvalue weighted by atomic mass is 19.4. The third-order valence-electron chi connectivity index (χ3n) is 1.57. The van der Waals surface area contributed by atoms with Crippen molar-refractivity contribution in [2.24, 2.45) is 7.05 Å². The van der Waals surface area contributed by atoms with Gasteiger partial charge in [0.15, 0.2) is 0 Å². The predicted octanol–water partition coefficient (Wildman–Crippen LogP) is 1.89. The third kappa shape index (κ3) is 1.28. The van der Waals surface area contributed by atoms with Gasteiger partial charge in [-0.1, -0.05) is 0 Å². The van der Waals surface area contributed by atoms with Crippen LogP contribution in [0, 0.1) is 12.9 Å². The van der Waals surface area contributed by atoms with E-state index in [9.17, 15) is 17.6 Å². The summed E-state index contributed by atoms with van der Waals surface area (Å²) in [6.45, 7) is 1.17. The number of halogens is 4. The van der Waals surface area contributed by atoms with Crippen molar-refractivity contribution in [2.75, 3.05) is 0 Å². The molecule has 0 unspecified atom stereocenters. The van der Waals surface area contributed by atoms with Crippen LogP contribution in [0.15, 0.2) is 0 Å². The van der Waals surface area contributed by atoms with Crippen molar-refractivity contribution < 1.29 is 17.6 Å². The molecule has 0 fully saturated rings. The van der Waals surface area contributed by atoms with Crippen LogP contribution in [0.3, 0.4) is 0 Å². The Morgan fingerprint density at radius 3 is 2.00 bits per heavy atom. The number of hydrogen-bond acceptors (Lipinski definition) is 1. The zero-order valence-electron chi connectivity index (χ0n) is 6.41. The molecule has 0 saturated carbocycles. The Morgan fingerprint density at radius 2 is 1.83 bits per heavy atom. The van der Waals surface area contributed by atoms with E-state index in [-0.39, 0.29) is 5.69 Å². The van der Waals surface area contributed by atoms with Gasteiger partial charge in [-0.15, -0.1) is 5.10 Å². The van der Waals surface area contributed by atoms with Gasteiger partial charge in [0.25, 0.3) is 0 Å². The highest BCUT2D eigenvalue weighted by Crippen LogP contribution is 2.33. The van der Waals surface area contributed by atoms with E-state index in [1.165, 1.54) is 14.0 Å². The molecule has 1 heterocycles. The molecule has 0 aliphatic rings. The molecule has 2 nitrogen and oxygen atoms in total. The summed E-state index contributed by atoms with van der Waals surface area (Å²) in [5.74, 6) is -1.47. The van der Waals surface area contributed by atoms with Crippen molar-refractivity contribution in [3.8, 4) is 0 Å². The van der Waals surface area contributed by atoms with Gasteiger partial charge in [-0.2, -0.15) is 17.6 Å². The summed E-state index contributed by atoms with van der Waals surface area (Å²) in [6, 6.07) is 0. The Balaban J connectivity index is 3.32. The summed E-state index contributed by atoms with van der Waals surface area (Å²) in [5, 5.41) is 3.01. The van der Waals surface area contributed by atoms with E-state index in [4.69, 9.17) is 0 Å². The first-order valence-corrected chi connectivity index (χ1v) is 3.10. The summed E-state index contributed by atoms with van der Waals surface area (Å²) in [4.78, 5) is 0. The van der Waals surface area contributed by atoms with Crippen molar-refractivity contribution in [2.45, 2.75) is 13.1 Å². The van der Waals surface area contributed by atoms with Crippen molar-refractivity contribution >= 4 is 0 Å². The standard InChI is InChI=1S/C6H6F4N2/c1-3-4(6(8,9)10)5(7)11-12(3)2/h1-2H3. The highest BCUT2D eigenvalue weighted by molar-refractivity contribution is 5.20.